The third kappa shape index (κ3) is 5.29. The van der Waals surface area contributed by atoms with Gasteiger partial charge in [-0.1, -0.05) is 29.8 Å². The largest absolute Gasteiger partial charge is 0.326 e. The van der Waals surface area contributed by atoms with E-state index in [1.54, 1.807) is 60.7 Å². The number of aryl methyl sites for hydroxylation is 1. The topological polar surface area (TPSA) is 87.3 Å². The normalized spacial score (nSPS) is 10.1. The summed E-state index contributed by atoms with van der Waals surface area (Å²) in [6.45, 7) is 3.34. The van der Waals surface area contributed by atoms with Gasteiger partial charge in [0, 0.05) is 23.9 Å². The van der Waals surface area contributed by atoms with Gasteiger partial charge in [-0.25, -0.2) is 0 Å². The van der Waals surface area contributed by atoms with Crippen molar-refractivity contribution in [3.8, 4) is 0 Å². The van der Waals surface area contributed by atoms with Crippen molar-refractivity contribution in [3.63, 3.8) is 0 Å². The Morgan fingerprint density at radius 2 is 1.34 bits per heavy atom. The summed E-state index contributed by atoms with van der Waals surface area (Å²) in [6.07, 6.45) is 0. The summed E-state index contributed by atoms with van der Waals surface area (Å²) in [5.41, 5.74) is 3.48. The monoisotopic (exact) mass is 387 g/mol. The molecule has 6 nitrogen and oxygen atoms in total. The Morgan fingerprint density at radius 3 is 2.00 bits per heavy atom. The summed E-state index contributed by atoms with van der Waals surface area (Å²) in [7, 11) is 0. The number of hydrogen-bond donors (Lipinski definition) is 3. The molecule has 29 heavy (non-hydrogen) atoms. The smallest absolute Gasteiger partial charge is 0.257 e. The molecule has 0 fully saturated rings. The van der Waals surface area contributed by atoms with Crippen LogP contribution in [0.3, 0.4) is 0 Å². The van der Waals surface area contributed by atoms with Crippen LogP contribution < -0.4 is 16.0 Å². The van der Waals surface area contributed by atoms with Gasteiger partial charge in [-0.15, -0.1) is 0 Å². The number of carbonyl (C=O) groups is 3. The van der Waals surface area contributed by atoms with Gasteiger partial charge in [0.1, 0.15) is 0 Å². The Hall–Kier alpha value is -3.93. The minimum Gasteiger partial charge on any atom is -0.326 e. The van der Waals surface area contributed by atoms with E-state index in [-0.39, 0.29) is 17.7 Å². The number of hydrogen-bond acceptors (Lipinski definition) is 3. The number of carbonyl (C=O) groups excluding carboxylic acids is 3. The minimum absolute atomic E-state index is 0.167. The molecule has 0 unspecified atom stereocenters. The van der Waals surface area contributed by atoms with Crippen LogP contribution in [0.15, 0.2) is 72.8 Å². The highest BCUT2D eigenvalue weighted by Crippen LogP contribution is 2.20. The predicted molar refractivity (Wildman–Crippen MR) is 114 cm³/mol. The molecule has 3 aromatic rings. The van der Waals surface area contributed by atoms with Gasteiger partial charge in [0.2, 0.25) is 5.91 Å². The highest BCUT2D eigenvalue weighted by Gasteiger charge is 2.14. The van der Waals surface area contributed by atoms with Crippen LogP contribution in [0.25, 0.3) is 0 Å². The van der Waals surface area contributed by atoms with E-state index in [1.807, 2.05) is 19.1 Å². The van der Waals surface area contributed by atoms with E-state index in [4.69, 9.17) is 0 Å². The van der Waals surface area contributed by atoms with Crippen LogP contribution in [0.4, 0.5) is 17.1 Å². The van der Waals surface area contributed by atoms with Crippen molar-refractivity contribution >= 4 is 34.8 Å². The lowest BCUT2D eigenvalue weighted by atomic mass is 10.1. The second kappa shape index (κ2) is 8.84. The van der Waals surface area contributed by atoms with E-state index >= 15 is 0 Å². The summed E-state index contributed by atoms with van der Waals surface area (Å²) >= 11 is 0. The van der Waals surface area contributed by atoms with Crippen molar-refractivity contribution in [2.45, 2.75) is 13.8 Å². The molecule has 0 atom stereocenters. The summed E-state index contributed by atoms with van der Waals surface area (Å²) in [4.78, 5) is 36.4. The van der Waals surface area contributed by atoms with Gasteiger partial charge in [-0.2, -0.15) is 0 Å². The fourth-order valence-electron chi connectivity index (χ4n) is 2.81. The van der Waals surface area contributed by atoms with Crippen molar-refractivity contribution < 1.29 is 14.4 Å². The first-order chi connectivity index (χ1) is 13.9. The van der Waals surface area contributed by atoms with Crippen LogP contribution in [0.5, 0.6) is 0 Å². The average molecular weight is 387 g/mol. The van der Waals surface area contributed by atoms with E-state index in [9.17, 15) is 14.4 Å². The van der Waals surface area contributed by atoms with E-state index in [0.717, 1.165) is 5.56 Å². The SMILES string of the molecule is CC(=O)Nc1ccc(NC(=O)c2ccccc2NC(=O)c2cccc(C)c2)cc1. The van der Waals surface area contributed by atoms with Crippen LogP contribution in [0.1, 0.15) is 33.2 Å². The molecule has 0 radical (unpaired) electrons. The van der Waals surface area contributed by atoms with Crippen molar-refractivity contribution in [2.75, 3.05) is 16.0 Å². The molecule has 3 N–H and O–H groups in total. The van der Waals surface area contributed by atoms with Crippen LogP contribution >= 0.6 is 0 Å². The molecule has 0 saturated carbocycles. The lowest BCUT2D eigenvalue weighted by molar-refractivity contribution is -0.114. The summed E-state index contributed by atoms with van der Waals surface area (Å²) < 4.78 is 0. The van der Waals surface area contributed by atoms with Crippen LogP contribution in [-0.4, -0.2) is 17.7 Å². The maximum absolute atomic E-state index is 12.7. The number of nitrogens with one attached hydrogen (secondary N) is 3. The molecule has 3 rings (SSSR count). The molecule has 146 valence electrons. The molecule has 3 amide bonds. The van der Waals surface area contributed by atoms with Gasteiger partial charge in [-0.3, -0.25) is 14.4 Å². The van der Waals surface area contributed by atoms with Crippen molar-refractivity contribution in [1.82, 2.24) is 0 Å². The number of anilines is 3. The third-order valence-electron chi connectivity index (χ3n) is 4.16. The average Bonchev–Trinajstić information content (AvgIpc) is 2.69. The highest BCUT2D eigenvalue weighted by molar-refractivity contribution is 6.12. The van der Waals surface area contributed by atoms with Gasteiger partial charge in [0.25, 0.3) is 11.8 Å². The first kappa shape index (κ1) is 19.8. The Morgan fingerprint density at radius 1 is 0.690 bits per heavy atom. The Labute approximate surface area is 169 Å². The zero-order valence-electron chi connectivity index (χ0n) is 16.2. The summed E-state index contributed by atoms with van der Waals surface area (Å²) in [6, 6.07) is 20.8. The van der Waals surface area contributed by atoms with Crippen molar-refractivity contribution in [1.29, 1.82) is 0 Å². The first-order valence-corrected chi connectivity index (χ1v) is 9.08. The molecule has 0 aliphatic heterocycles. The van der Waals surface area contributed by atoms with Gasteiger partial charge < -0.3 is 16.0 Å². The molecule has 0 aliphatic rings. The lowest BCUT2D eigenvalue weighted by Gasteiger charge is -2.12. The summed E-state index contributed by atoms with van der Waals surface area (Å²) in [5.74, 6) is -0.800. The van der Waals surface area contributed by atoms with Gasteiger partial charge in [-0.05, 0) is 55.5 Å². The Bertz CT molecular complexity index is 1060. The zero-order chi connectivity index (χ0) is 20.8. The molecule has 6 heteroatoms. The number of benzene rings is 3. The van der Waals surface area contributed by atoms with Crippen LogP contribution in [0, 0.1) is 6.92 Å². The zero-order valence-corrected chi connectivity index (χ0v) is 16.2. The highest BCUT2D eigenvalue weighted by atomic mass is 16.2. The standard InChI is InChI=1S/C23H21N3O3/c1-15-6-5-7-17(14-15)22(28)26-21-9-4-3-8-20(21)23(29)25-19-12-10-18(11-13-19)24-16(2)27/h3-14H,1-2H3,(H,24,27)(H,25,29)(H,26,28). The second-order valence-corrected chi connectivity index (χ2v) is 6.58. The van der Waals surface area contributed by atoms with E-state index < -0.39 is 0 Å². The van der Waals surface area contributed by atoms with E-state index in [2.05, 4.69) is 16.0 Å². The third-order valence-corrected chi connectivity index (χ3v) is 4.16. The molecular weight excluding hydrogens is 366 g/mol. The van der Waals surface area contributed by atoms with Gasteiger partial charge in [0.05, 0.1) is 11.3 Å². The second-order valence-electron chi connectivity index (χ2n) is 6.58. The quantitative estimate of drug-likeness (QED) is 0.604. The molecule has 0 aromatic heterocycles. The first-order valence-electron chi connectivity index (χ1n) is 9.08. The van der Waals surface area contributed by atoms with Crippen LogP contribution in [-0.2, 0) is 4.79 Å². The predicted octanol–water partition coefficient (Wildman–Crippen LogP) is 4.46. The van der Waals surface area contributed by atoms with Crippen LogP contribution in [0.2, 0.25) is 0 Å². The Kier molecular flexibility index (Phi) is 6.04. The van der Waals surface area contributed by atoms with E-state index in [0.29, 0.717) is 28.2 Å². The number of para-hydroxylation sites is 1. The maximum atomic E-state index is 12.7. The maximum Gasteiger partial charge on any atom is 0.257 e. The van der Waals surface area contributed by atoms with Crippen molar-refractivity contribution in [2.24, 2.45) is 0 Å². The minimum atomic E-state index is -0.350. The molecule has 0 heterocycles. The van der Waals surface area contributed by atoms with Crippen molar-refractivity contribution in [3.05, 3.63) is 89.5 Å². The molecule has 0 bridgehead atoms. The fourth-order valence-corrected chi connectivity index (χ4v) is 2.81. The fraction of sp³-hybridized carbons (Fsp3) is 0.0870. The van der Waals surface area contributed by atoms with Gasteiger partial charge >= 0.3 is 0 Å². The number of rotatable bonds is 5. The molecular formula is C23H21N3O3. The molecule has 3 aromatic carbocycles. The lowest BCUT2D eigenvalue weighted by Crippen LogP contribution is -2.18. The van der Waals surface area contributed by atoms with Gasteiger partial charge in [0.15, 0.2) is 0 Å². The Balaban J connectivity index is 1.74. The number of amides is 3. The summed E-state index contributed by atoms with van der Waals surface area (Å²) in [5, 5.41) is 8.27. The molecule has 0 spiro atoms. The molecule has 0 saturated heterocycles. The molecule has 0 aliphatic carbocycles. The van der Waals surface area contributed by atoms with E-state index in [1.165, 1.54) is 6.92 Å².